The lowest BCUT2D eigenvalue weighted by Crippen LogP contribution is -2.58. The smallest absolute Gasteiger partial charge is 0.286 e. The van der Waals surface area contributed by atoms with Crippen molar-refractivity contribution in [1.82, 2.24) is 14.8 Å². The molecule has 2 aliphatic heterocycles. The van der Waals surface area contributed by atoms with E-state index in [2.05, 4.69) is 4.98 Å². The Morgan fingerprint density at radius 1 is 1.04 bits per heavy atom. The lowest BCUT2D eigenvalue weighted by Gasteiger charge is -2.49. The van der Waals surface area contributed by atoms with Gasteiger partial charge >= 0.3 is 0 Å². The number of aryl methyl sites for hydroxylation is 1. The minimum Gasteiger partial charge on any atom is -0.286 e. The Hall–Kier alpha value is -3.28. The van der Waals surface area contributed by atoms with Gasteiger partial charge in [-0.25, -0.2) is 4.68 Å². The number of rotatable bonds is 1. The van der Waals surface area contributed by atoms with Gasteiger partial charge in [0.15, 0.2) is 11.5 Å². The Kier molecular flexibility index (Phi) is 3.53. The lowest BCUT2D eigenvalue weighted by molar-refractivity contribution is -0.122. The zero-order chi connectivity index (χ0) is 19.5. The third kappa shape index (κ3) is 2.27. The van der Waals surface area contributed by atoms with Gasteiger partial charge in [0, 0.05) is 17.5 Å². The van der Waals surface area contributed by atoms with E-state index >= 15 is 0 Å². The van der Waals surface area contributed by atoms with Gasteiger partial charge in [0.1, 0.15) is 5.66 Å². The van der Waals surface area contributed by atoms with Gasteiger partial charge in [-0.2, -0.15) is 10.1 Å². The van der Waals surface area contributed by atoms with E-state index in [1.165, 1.54) is 0 Å². The largest absolute Gasteiger partial charge is 0.300 e. The van der Waals surface area contributed by atoms with Crippen LogP contribution in [0.4, 0.5) is 5.69 Å². The van der Waals surface area contributed by atoms with Gasteiger partial charge in [0.05, 0.1) is 5.69 Å². The van der Waals surface area contributed by atoms with Crippen LogP contribution in [-0.4, -0.2) is 20.7 Å². The number of nitrogens with zero attached hydrogens (tertiary/aromatic N) is 4. The van der Waals surface area contributed by atoms with E-state index in [0.717, 1.165) is 35.2 Å². The summed E-state index contributed by atoms with van der Waals surface area (Å²) in [6.45, 7) is 4.00. The SMILES string of the molecule is Cc1ccc(-c2nn3c(nc2=O)-c2ccccc2N2C(=O)CCCC23C)cc1. The second-order valence-electron chi connectivity index (χ2n) is 7.68. The Morgan fingerprint density at radius 2 is 1.79 bits per heavy atom. The number of amides is 1. The molecule has 3 aromatic rings. The van der Waals surface area contributed by atoms with Crippen LogP contribution in [0.25, 0.3) is 22.6 Å². The number of aromatic nitrogens is 3. The molecule has 1 atom stereocenters. The van der Waals surface area contributed by atoms with Gasteiger partial charge in [-0.15, -0.1) is 0 Å². The lowest BCUT2D eigenvalue weighted by atomic mass is 9.91. The summed E-state index contributed by atoms with van der Waals surface area (Å²) in [4.78, 5) is 32.0. The molecule has 28 heavy (non-hydrogen) atoms. The van der Waals surface area contributed by atoms with E-state index in [-0.39, 0.29) is 11.5 Å². The third-order valence-electron chi connectivity index (χ3n) is 5.75. The fraction of sp³-hybridized carbons (Fsp3) is 0.273. The van der Waals surface area contributed by atoms with Crippen LogP contribution in [-0.2, 0) is 10.5 Å². The maximum absolute atomic E-state index is 12.9. The highest BCUT2D eigenvalue weighted by Gasteiger charge is 2.47. The third-order valence-corrected chi connectivity index (χ3v) is 5.75. The Morgan fingerprint density at radius 3 is 2.57 bits per heavy atom. The maximum atomic E-state index is 12.9. The van der Waals surface area contributed by atoms with E-state index in [1.807, 2.05) is 67.3 Å². The highest BCUT2D eigenvalue weighted by atomic mass is 16.2. The van der Waals surface area contributed by atoms with E-state index in [4.69, 9.17) is 5.10 Å². The molecule has 0 radical (unpaired) electrons. The van der Waals surface area contributed by atoms with Crippen molar-refractivity contribution in [3.05, 3.63) is 64.4 Å². The molecule has 0 bridgehead atoms. The average Bonchev–Trinajstić information content (AvgIpc) is 2.68. The van der Waals surface area contributed by atoms with Gasteiger partial charge < -0.3 is 0 Å². The molecule has 1 aromatic heterocycles. The quantitative estimate of drug-likeness (QED) is 0.656. The van der Waals surface area contributed by atoms with E-state index in [1.54, 1.807) is 4.68 Å². The predicted octanol–water partition coefficient (Wildman–Crippen LogP) is 3.48. The molecule has 1 fully saturated rings. The topological polar surface area (TPSA) is 68.1 Å². The molecule has 3 heterocycles. The molecule has 6 heteroatoms. The van der Waals surface area contributed by atoms with Crippen molar-refractivity contribution >= 4 is 11.6 Å². The molecule has 1 amide bonds. The van der Waals surface area contributed by atoms with E-state index in [0.29, 0.717) is 17.9 Å². The monoisotopic (exact) mass is 372 g/mol. The zero-order valence-corrected chi connectivity index (χ0v) is 15.8. The molecular weight excluding hydrogens is 352 g/mol. The van der Waals surface area contributed by atoms with Crippen LogP contribution in [0.3, 0.4) is 0 Å². The number of piperidine rings is 1. The molecule has 0 spiro atoms. The van der Waals surface area contributed by atoms with Crippen LogP contribution < -0.4 is 10.5 Å². The summed E-state index contributed by atoms with van der Waals surface area (Å²) < 4.78 is 1.78. The maximum Gasteiger partial charge on any atom is 0.300 e. The van der Waals surface area contributed by atoms with Crippen molar-refractivity contribution in [2.45, 2.75) is 38.8 Å². The number of anilines is 1. The fourth-order valence-corrected chi connectivity index (χ4v) is 4.31. The molecule has 0 aliphatic carbocycles. The Balaban J connectivity index is 1.81. The fourth-order valence-electron chi connectivity index (χ4n) is 4.31. The van der Waals surface area contributed by atoms with Crippen molar-refractivity contribution < 1.29 is 4.79 Å². The molecule has 0 saturated carbocycles. The first kappa shape index (κ1) is 16.9. The molecule has 0 N–H and O–H groups in total. The highest BCUT2D eigenvalue weighted by Crippen LogP contribution is 2.46. The Bertz CT molecular complexity index is 1170. The first-order valence-electron chi connectivity index (χ1n) is 9.50. The summed E-state index contributed by atoms with van der Waals surface area (Å²) in [5, 5.41) is 4.75. The first-order valence-corrected chi connectivity index (χ1v) is 9.50. The van der Waals surface area contributed by atoms with Gasteiger partial charge in [-0.05, 0) is 38.8 Å². The van der Waals surface area contributed by atoms with Crippen molar-refractivity contribution in [3.63, 3.8) is 0 Å². The van der Waals surface area contributed by atoms with Crippen LogP contribution in [0.1, 0.15) is 31.7 Å². The van der Waals surface area contributed by atoms with Crippen molar-refractivity contribution in [3.8, 4) is 22.6 Å². The second kappa shape index (κ2) is 5.86. The van der Waals surface area contributed by atoms with Gasteiger partial charge in [0.25, 0.3) is 5.56 Å². The van der Waals surface area contributed by atoms with Crippen molar-refractivity contribution in [1.29, 1.82) is 0 Å². The molecular formula is C22H20N4O2. The second-order valence-corrected chi connectivity index (χ2v) is 7.68. The predicted molar refractivity (Wildman–Crippen MR) is 107 cm³/mol. The number of para-hydroxylation sites is 1. The van der Waals surface area contributed by atoms with Crippen LogP contribution in [0.5, 0.6) is 0 Å². The Labute approximate surface area is 162 Å². The molecule has 6 nitrogen and oxygen atoms in total. The number of carbonyl (C=O) groups is 1. The minimum atomic E-state index is -0.681. The van der Waals surface area contributed by atoms with Crippen LogP contribution in [0, 0.1) is 6.92 Å². The first-order chi connectivity index (χ1) is 13.5. The minimum absolute atomic E-state index is 0.0734. The number of benzene rings is 2. The van der Waals surface area contributed by atoms with Crippen LogP contribution in [0.15, 0.2) is 53.3 Å². The number of hydrogen-bond donors (Lipinski definition) is 0. The summed E-state index contributed by atoms with van der Waals surface area (Å²) in [6.07, 6.45) is 2.05. The van der Waals surface area contributed by atoms with Crippen LogP contribution in [0.2, 0.25) is 0 Å². The normalized spacial score (nSPS) is 20.4. The number of carbonyl (C=O) groups excluding carboxylic acids is 1. The molecule has 1 unspecified atom stereocenters. The molecule has 2 aromatic carbocycles. The summed E-state index contributed by atoms with van der Waals surface area (Å²) in [5.74, 6) is 0.592. The van der Waals surface area contributed by atoms with E-state index < -0.39 is 5.66 Å². The summed E-state index contributed by atoms with van der Waals surface area (Å²) in [5.41, 5.74) is 2.67. The molecule has 5 rings (SSSR count). The van der Waals surface area contributed by atoms with E-state index in [9.17, 15) is 9.59 Å². The van der Waals surface area contributed by atoms with Crippen molar-refractivity contribution in [2.24, 2.45) is 0 Å². The van der Waals surface area contributed by atoms with Crippen molar-refractivity contribution in [2.75, 3.05) is 4.90 Å². The standard InChI is InChI=1S/C22H20N4O2/c1-14-9-11-15(12-10-14)19-21(28)23-20-16-6-3-4-7-17(16)25-18(27)8-5-13-22(25,2)26(20)24-19/h3-4,6-7,9-12H,5,8,13H2,1-2H3. The average molecular weight is 372 g/mol. The van der Waals surface area contributed by atoms with Gasteiger partial charge in [-0.3, -0.25) is 14.5 Å². The number of fused-ring (bicyclic) bond motifs is 6. The molecule has 1 saturated heterocycles. The van der Waals surface area contributed by atoms with Gasteiger partial charge in [-0.1, -0.05) is 42.0 Å². The molecule has 2 aliphatic rings. The highest BCUT2D eigenvalue weighted by molar-refractivity contribution is 6.00. The zero-order valence-electron chi connectivity index (χ0n) is 15.8. The van der Waals surface area contributed by atoms with Crippen LogP contribution >= 0.6 is 0 Å². The summed E-state index contributed by atoms with van der Waals surface area (Å²) >= 11 is 0. The molecule has 140 valence electrons. The summed E-state index contributed by atoms with van der Waals surface area (Å²) in [6, 6.07) is 15.3. The summed E-state index contributed by atoms with van der Waals surface area (Å²) in [7, 11) is 0. The number of hydrogen-bond acceptors (Lipinski definition) is 4. The van der Waals surface area contributed by atoms with Gasteiger partial charge in [0.2, 0.25) is 5.91 Å².